The Balaban J connectivity index is 0. The van der Waals surface area contributed by atoms with E-state index in [9.17, 15) is 0 Å². The zero-order chi connectivity index (χ0) is 14.2. The normalized spacial score (nSPS) is 10.8. The van der Waals surface area contributed by atoms with Crippen molar-refractivity contribution in [2.24, 2.45) is 0 Å². The van der Waals surface area contributed by atoms with Crippen LogP contribution in [0.4, 0.5) is 0 Å². The summed E-state index contributed by atoms with van der Waals surface area (Å²) in [5.74, 6) is 0. The molecule has 0 aliphatic rings. The van der Waals surface area contributed by atoms with Crippen LogP contribution >= 0.6 is 0 Å². The Kier molecular flexibility index (Phi) is 21.0. The Bertz CT molecular complexity index is 161. The van der Waals surface area contributed by atoms with Gasteiger partial charge in [0.1, 0.15) is 0 Å². The Morgan fingerprint density at radius 1 is 0.500 bits per heavy atom. The molecule has 0 bridgehead atoms. The van der Waals surface area contributed by atoms with Crippen molar-refractivity contribution in [1.29, 1.82) is 0 Å². The van der Waals surface area contributed by atoms with E-state index in [2.05, 4.69) is 25.8 Å². The molecule has 0 fully saturated rings. The Hall–Kier alpha value is -0.0800. The molecule has 0 spiro atoms. The summed E-state index contributed by atoms with van der Waals surface area (Å²) in [5, 5.41) is 0. The summed E-state index contributed by atoms with van der Waals surface area (Å²) in [6, 6.07) is 0. The van der Waals surface area contributed by atoms with Gasteiger partial charge in [-0.1, -0.05) is 84.5 Å². The lowest BCUT2D eigenvalue weighted by Crippen LogP contribution is -2.20. The Labute approximate surface area is 128 Å². The van der Waals surface area contributed by atoms with Gasteiger partial charge in [0, 0.05) is 0 Å². The molecule has 0 amide bonds. The second-order valence-electron chi connectivity index (χ2n) is 6.19. The van der Waals surface area contributed by atoms with Gasteiger partial charge in [-0.3, -0.25) is 0 Å². The third-order valence-electron chi connectivity index (χ3n) is 4.04. The molecule has 0 radical (unpaired) electrons. The summed E-state index contributed by atoms with van der Waals surface area (Å²) in [5.41, 5.74) is 0. The molecule has 0 aromatic carbocycles. The average molecular weight is 288 g/mol. The van der Waals surface area contributed by atoms with Gasteiger partial charge < -0.3 is 10.4 Å². The second kappa shape index (κ2) is 18.9. The number of nitrogens with zero attached hydrogens (tertiary/aromatic N) is 1. The summed E-state index contributed by atoms with van der Waals surface area (Å²) < 4.78 is 0. The summed E-state index contributed by atoms with van der Waals surface area (Å²) in [6.45, 7) is 7.19. The van der Waals surface area contributed by atoms with E-state index < -0.39 is 0 Å². The summed E-state index contributed by atoms with van der Waals surface area (Å²) >= 11 is 0. The highest BCUT2D eigenvalue weighted by molar-refractivity contribution is 4.54. The molecular weight excluding hydrogens is 246 g/mol. The van der Waals surface area contributed by atoms with E-state index in [0.29, 0.717) is 0 Å². The lowest BCUT2D eigenvalue weighted by atomic mass is 10.1. The van der Waals surface area contributed by atoms with E-state index in [1.54, 1.807) is 0 Å². The quantitative estimate of drug-likeness (QED) is 0.381. The molecule has 2 N–H and O–H groups in total. The first kappa shape index (κ1) is 22.2. The van der Waals surface area contributed by atoms with Crippen LogP contribution in [0.5, 0.6) is 0 Å². The second-order valence-corrected chi connectivity index (χ2v) is 6.19. The van der Waals surface area contributed by atoms with Crippen LogP contribution in [0.1, 0.15) is 97.3 Å². The molecule has 0 aromatic heterocycles. The molecule has 0 rings (SSSR count). The fourth-order valence-electron chi connectivity index (χ4n) is 2.61. The van der Waals surface area contributed by atoms with Crippen LogP contribution in [0.3, 0.4) is 0 Å². The third-order valence-corrected chi connectivity index (χ3v) is 4.04. The molecule has 0 aliphatic carbocycles. The highest BCUT2D eigenvalue weighted by Crippen LogP contribution is 2.08. The van der Waals surface area contributed by atoms with Gasteiger partial charge in [-0.25, -0.2) is 0 Å². The van der Waals surface area contributed by atoms with Crippen molar-refractivity contribution in [2.45, 2.75) is 97.3 Å². The molecule has 124 valence electrons. The van der Waals surface area contributed by atoms with Crippen molar-refractivity contribution in [3.63, 3.8) is 0 Å². The van der Waals surface area contributed by atoms with Gasteiger partial charge in [-0.05, 0) is 33.0 Å². The highest BCUT2D eigenvalue weighted by atomic mass is 16.0. The molecule has 0 unspecified atom stereocenters. The topological polar surface area (TPSA) is 34.7 Å². The van der Waals surface area contributed by atoms with Crippen LogP contribution in [0, 0.1) is 0 Å². The van der Waals surface area contributed by atoms with Gasteiger partial charge in [-0.2, -0.15) is 0 Å². The van der Waals surface area contributed by atoms with Crippen LogP contribution in [0.25, 0.3) is 0 Å². The van der Waals surface area contributed by atoms with E-state index in [-0.39, 0.29) is 5.48 Å². The van der Waals surface area contributed by atoms with Crippen LogP contribution in [-0.2, 0) is 0 Å². The fraction of sp³-hybridized carbons (Fsp3) is 1.00. The van der Waals surface area contributed by atoms with E-state index in [1.807, 2.05) is 0 Å². The van der Waals surface area contributed by atoms with Crippen molar-refractivity contribution >= 4 is 0 Å². The number of hydrogen-bond donors (Lipinski definition) is 0. The van der Waals surface area contributed by atoms with Crippen LogP contribution in [0.2, 0.25) is 0 Å². The standard InChI is InChI=1S/C18H39N.H2O/c1-4-6-8-10-12-14-16-18-19(3)17-15-13-11-9-7-5-2;/h4-18H2,1-3H3;1H2. The van der Waals surface area contributed by atoms with E-state index >= 15 is 0 Å². The third kappa shape index (κ3) is 17.9. The highest BCUT2D eigenvalue weighted by Gasteiger charge is 1.98. The molecule has 0 saturated heterocycles. The molecule has 20 heavy (non-hydrogen) atoms. The zero-order valence-corrected chi connectivity index (χ0v) is 14.6. The van der Waals surface area contributed by atoms with Gasteiger partial charge in [0.05, 0.1) is 0 Å². The Morgan fingerprint density at radius 3 is 1.15 bits per heavy atom. The number of unbranched alkanes of at least 4 members (excludes halogenated alkanes) is 11. The Morgan fingerprint density at radius 2 is 0.800 bits per heavy atom. The van der Waals surface area contributed by atoms with E-state index in [1.165, 1.54) is 96.6 Å². The van der Waals surface area contributed by atoms with Crippen molar-refractivity contribution in [1.82, 2.24) is 4.90 Å². The van der Waals surface area contributed by atoms with Crippen molar-refractivity contribution in [3.05, 3.63) is 0 Å². The summed E-state index contributed by atoms with van der Waals surface area (Å²) in [6.07, 6.45) is 18.5. The smallest absolute Gasteiger partial charge is 0.00218 e. The van der Waals surface area contributed by atoms with Gasteiger partial charge in [0.2, 0.25) is 0 Å². The van der Waals surface area contributed by atoms with E-state index in [0.717, 1.165) is 0 Å². The summed E-state index contributed by atoms with van der Waals surface area (Å²) in [4.78, 5) is 2.53. The van der Waals surface area contributed by atoms with Crippen LogP contribution in [0.15, 0.2) is 0 Å². The van der Waals surface area contributed by atoms with E-state index in [4.69, 9.17) is 0 Å². The molecule has 2 heteroatoms. The maximum absolute atomic E-state index is 2.53. The SMILES string of the molecule is CCCCCCCCCN(C)CCCCCCCC.O. The lowest BCUT2D eigenvalue weighted by Gasteiger charge is -2.16. The number of hydrogen-bond acceptors (Lipinski definition) is 1. The predicted octanol–water partition coefficient (Wildman–Crippen LogP) is 5.20. The summed E-state index contributed by atoms with van der Waals surface area (Å²) in [7, 11) is 2.29. The molecule has 0 saturated carbocycles. The largest absolute Gasteiger partial charge is 0.412 e. The lowest BCUT2D eigenvalue weighted by molar-refractivity contribution is 0.314. The monoisotopic (exact) mass is 287 g/mol. The maximum Gasteiger partial charge on any atom is -0.00218 e. The molecule has 0 heterocycles. The minimum Gasteiger partial charge on any atom is -0.412 e. The first-order valence-electron chi connectivity index (χ1n) is 8.99. The first-order chi connectivity index (χ1) is 9.31. The molecule has 2 nitrogen and oxygen atoms in total. The van der Waals surface area contributed by atoms with Gasteiger partial charge in [0.25, 0.3) is 0 Å². The average Bonchev–Trinajstić information content (AvgIpc) is 2.41. The number of rotatable bonds is 15. The molecule has 0 aromatic rings. The first-order valence-corrected chi connectivity index (χ1v) is 8.99. The zero-order valence-electron chi connectivity index (χ0n) is 14.6. The van der Waals surface area contributed by atoms with Crippen LogP contribution < -0.4 is 0 Å². The van der Waals surface area contributed by atoms with Crippen molar-refractivity contribution in [3.8, 4) is 0 Å². The van der Waals surface area contributed by atoms with Gasteiger partial charge >= 0.3 is 0 Å². The predicted molar refractivity (Wildman–Crippen MR) is 92.5 cm³/mol. The molecule has 0 atom stereocenters. The van der Waals surface area contributed by atoms with Gasteiger partial charge in [0.15, 0.2) is 0 Å². The maximum atomic E-state index is 2.53. The minimum absolute atomic E-state index is 0. The van der Waals surface area contributed by atoms with Crippen molar-refractivity contribution < 1.29 is 5.48 Å². The minimum atomic E-state index is 0. The molecular formula is C18H41NO. The fourth-order valence-corrected chi connectivity index (χ4v) is 2.61. The molecule has 0 aliphatic heterocycles. The van der Waals surface area contributed by atoms with Crippen LogP contribution in [-0.4, -0.2) is 30.5 Å². The van der Waals surface area contributed by atoms with Crippen molar-refractivity contribution in [2.75, 3.05) is 20.1 Å². The van der Waals surface area contributed by atoms with Gasteiger partial charge in [-0.15, -0.1) is 0 Å².